The van der Waals surface area contributed by atoms with E-state index >= 15 is 0 Å². The van der Waals surface area contributed by atoms with Gasteiger partial charge in [0, 0.05) is 37.6 Å². The highest BCUT2D eigenvalue weighted by Gasteiger charge is 2.24. The van der Waals surface area contributed by atoms with Crippen LogP contribution in [0.25, 0.3) is 11.3 Å². The zero-order chi connectivity index (χ0) is 15.0. The van der Waals surface area contributed by atoms with Gasteiger partial charge in [0.15, 0.2) is 0 Å². The molecule has 1 aromatic heterocycles. The summed E-state index contributed by atoms with van der Waals surface area (Å²) >= 11 is 0. The van der Waals surface area contributed by atoms with E-state index in [2.05, 4.69) is 9.97 Å². The second-order valence-corrected chi connectivity index (χ2v) is 5.06. The first-order valence-electron chi connectivity index (χ1n) is 6.71. The molecule has 1 aliphatic heterocycles. The van der Waals surface area contributed by atoms with Gasteiger partial charge in [0.25, 0.3) is 0 Å². The molecule has 0 fully saturated rings. The summed E-state index contributed by atoms with van der Waals surface area (Å²) < 4.78 is 13.5. The number of hydrogen-bond acceptors (Lipinski definition) is 4. The van der Waals surface area contributed by atoms with Crippen LogP contribution in [0.3, 0.4) is 0 Å². The molecular weight excluding hydrogens is 271 g/mol. The summed E-state index contributed by atoms with van der Waals surface area (Å²) in [5, 5.41) is 0. The number of aromatic nitrogens is 2. The van der Waals surface area contributed by atoms with Crippen LogP contribution in [0.1, 0.15) is 18.2 Å². The minimum absolute atomic E-state index is 0.00247. The van der Waals surface area contributed by atoms with Crippen LogP contribution >= 0.6 is 0 Å². The van der Waals surface area contributed by atoms with E-state index in [0.717, 1.165) is 11.3 Å². The van der Waals surface area contributed by atoms with E-state index in [1.165, 1.54) is 19.1 Å². The molecule has 108 valence electrons. The molecule has 3 rings (SSSR count). The van der Waals surface area contributed by atoms with Gasteiger partial charge in [-0.3, -0.25) is 4.79 Å². The maximum Gasteiger partial charge on any atom is 0.220 e. The Morgan fingerprint density at radius 3 is 2.90 bits per heavy atom. The van der Waals surface area contributed by atoms with Crippen LogP contribution in [0.5, 0.6) is 0 Å². The van der Waals surface area contributed by atoms with Gasteiger partial charge >= 0.3 is 0 Å². The number of carbonyl (C=O) groups excluding carboxylic acids is 1. The lowest BCUT2D eigenvalue weighted by molar-refractivity contribution is -0.129. The van der Waals surface area contributed by atoms with Gasteiger partial charge in [0.1, 0.15) is 5.82 Å². The highest BCUT2D eigenvalue weighted by Crippen LogP contribution is 2.29. The lowest BCUT2D eigenvalue weighted by Crippen LogP contribution is -2.35. The second-order valence-electron chi connectivity index (χ2n) is 5.06. The number of carbonyl (C=O) groups is 1. The largest absolute Gasteiger partial charge is 0.368 e. The molecule has 1 aromatic carbocycles. The summed E-state index contributed by atoms with van der Waals surface area (Å²) in [6.07, 6.45) is 0.629. The van der Waals surface area contributed by atoms with Crippen LogP contribution in [-0.4, -0.2) is 27.3 Å². The van der Waals surface area contributed by atoms with Gasteiger partial charge in [-0.05, 0) is 12.1 Å². The fourth-order valence-electron chi connectivity index (χ4n) is 2.58. The Balaban J connectivity index is 2.13. The zero-order valence-electron chi connectivity index (χ0n) is 11.6. The number of rotatable bonds is 1. The Morgan fingerprint density at radius 2 is 2.19 bits per heavy atom. The third kappa shape index (κ3) is 2.56. The molecule has 6 heteroatoms. The molecular formula is C15H15FN4O. The molecule has 0 saturated heterocycles. The highest BCUT2D eigenvalue weighted by atomic mass is 19.1. The van der Waals surface area contributed by atoms with Gasteiger partial charge < -0.3 is 10.6 Å². The maximum absolute atomic E-state index is 13.5. The van der Waals surface area contributed by atoms with E-state index in [0.29, 0.717) is 30.8 Å². The van der Waals surface area contributed by atoms with E-state index in [4.69, 9.17) is 5.73 Å². The average Bonchev–Trinajstić information content (AvgIpc) is 2.45. The van der Waals surface area contributed by atoms with Crippen molar-refractivity contribution in [1.29, 1.82) is 0 Å². The van der Waals surface area contributed by atoms with Crippen molar-refractivity contribution in [2.75, 3.05) is 12.3 Å². The Labute approximate surface area is 121 Å². The van der Waals surface area contributed by atoms with Gasteiger partial charge in [0.05, 0.1) is 11.4 Å². The third-order valence-corrected chi connectivity index (χ3v) is 3.62. The number of nitrogens with zero attached hydrogens (tertiary/aromatic N) is 3. The number of fused-ring (bicyclic) bond motifs is 1. The molecule has 0 bridgehead atoms. The molecule has 1 amide bonds. The molecule has 5 nitrogen and oxygen atoms in total. The first kappa shape index (κ1) is 13.5. The molecule has 0 unspecified atom stereocenters. The first-order chi connectivity index (χ1) is 10.0. The fourth-order valence-corrected chi connectivity index (χ4v) is 2.58. The third-order valence-electron chi connectivity index (χ3n) is 3.62. The van der Waals surface area contributed by atoms with Gasteiger partial charge in [-0.1, -0.05) is 12.1 Å². The minimum Gasteiger partial charge on any atom is -0.368 e. The molecule has 2 aromatic rings. The summed E-state index contributed by atoms with van der Waals surface area (Å²) in [6, 6.07) is 6.19. The van der Waals surface area contributed by atoms with Crippen molar-refractivity contribution in [3.05, 3.63) is 41.3 Å². The molecule has 2 heterocycles. The molecule has 1 aliphatic rings. The predicted molar refractivity (Wildman–Crippen MR) is 76.6 cm³/mol. The lowest BCUT2D eigenvalue weighted by Gasteiger charge is -2.28. The van der Waals surface area contributed by atoms with Crippen molar-refractivity contribution >= 4 is 11.9 Å². The zero-order valence-corrected chi connectivity index (χ0v) is 11.6. The number of benzene rings is 1. The minimum atomic E-state index is -0.335. The summed E-state index contributed by atoms with van der Waals surface area (Å²) in [5.74, 6) is -0.162. The molecule has 0 spiro atoms. The fraction of sp³-hybridized carbons (Fsp3) is 0.267. The number of amides is 1. The van der Waals surface area contributed by atoms with Crippen molar-refractivity contribution in [3.8, 4) is 11.3 Å². The highest BCUT2D eigenvalue weighted by molar-refractivity contribution is 5.74. The van der Waals surface area contributed by atoms with Crippen molar-refractivity contribution in [1.82, 2.24) is 14.9 Å². The van der Waals surface area contributed by atoms with Crippen molar-refractivity contribution in [3.63, 3.8) is 0 Å². The summed E-state index contributed by atoms with van der Waals surface area (Å²) in [7, 11) is 0. The number of hydrogen-bond donors (Lipinski definition) is 1. The van der Waals surface area contributed by atoms with Crippen LogP contribution in [0.2, 0.25) is 0 Å². The standard InChI is InChI=1S/C15H15FN4O/c1-9(21)20-6-5-13-12(8-20)14(19-15(17)18-13)10-3-2-4-11(16)7-10/h2-4,7H,5-6,8H2,1H3,(H2,17,18,19). The quantitative estimate of drug-likeness (QED) is 0.867. The van der Waals surface area contributed by atoms with Gasteiger partial charge in [-0.2, -0.15) is 0 Å². The van der Waals surface area contributed by atoms with E-state index in [1.807, 2.05) is 0 Å². The van der Waals surface area contributed by atoms with Gasteiger partial charge in [0.2, 0.25) is 11.9 Å². The average molecular weight is 286 g/mol. The van der Waals surface area contributed by atoms with Crippen LogP contribution in [-0.2, 0) is 17.8 Å². The summed E-state index contributed by atoms with van der Waals surface area (Å²) in [5.41, 5.74) is 8.68. The molecule has 21 heavy (non-hydrogen) atoms. The van der Waals surface area contributed by atoms with E-state index < -0.39 is 0 Å². The van der Waals surface area contributed by atoms with Crippen LogP contribution in [0.4, 0.5) is 10.3 Å². The molecule has 0 aliphatic carbocycles. The topological polar surface area (TPSA) is 72.1 Å². The first-order valence-corrected chi connectivity index (χ1v) is 6.71. The number of anilines is 1. The SMILES string of the molecule is CC(=O)N1CCc2nc(N)nc(-c3cccc(F)c3)c2C1. The molecule has 0 atom stereocenters. The van der Waals surface area contributed by atoms with Gasteiger partial charge in [-0.15, -0.1) is 0 Å². The monoisotopic (exact) mass is 286 g/mol. The van der Waals surface area contributed by atoms with Crippen molar-refractivity contribution in [2.45, 2.75) is 19.9 Å². The van der Waals surface area contributed by atoms with E-state index in [1.54, 1.807) is 17.0 Å². The maximum atomic E-state index is 13.5. The Morgan fingerprint density at radius 1 is 1.38 bits per heavy atom. The van der Waals surface area contributed by atoms with Crippen molar-refractivity contribution < 1.29 is 9.18 Å². The summed E-state index contributed by atoms with van der Waals surface area (Å²) in [6.45, 7) is 2.57. The number of halogens is 1. The van der Waals surface area contributed by atoms with Crippen molar-refractivity contribution in [2.24, 2.45) is 0 Å². The van der Waals surface area contributed by atoms with Crippen LogP contribution < -0.4 is 5.73 Å². The smallest absolute Gasteiger partial charge is 0.220 e. The number of nitrogens with two attached hydrogens (primary N) is 1. The Hall–Kier alpha value is -2.50. The molecule has 0 radical (unpaired) electrons. The summed E-state index contributed by atoms with van der Waals surface area (Å²) in [4.78, 5) is 21.8. The van der Waals surface area contributed by atoms with Crippen LogP contribution in [0.15, 0.2) is 24.3 Å². The Kier molecular flexibility index (Phi) is 3.29. The van der Waals surface area contributed by atoms with E-state index in [9.17, 15) is 9.18 Å². The van der Waals surface area contributed by atoms with E-state index in [-0.39, 0.29) is 17.7 Å². The number of nitrogen functional groups attached to an aromatic ring is 1. The lowest BCUT2D eigenvalue weighted by atomic mass is 9.99. The molecule has 0 saturated carbocycles. The predicted octanol–water partition coefficient (Wildman–Crippen LogP) is 1.77. The second kappa shape index (κ2) is 5.12. The normalized spacial score (nSPS) is 13.9. The molecule has 2 N–H and O–H groups in total. The van der Waals surface area contributed by atoms with Gasteiger partial charge in [-0.25, -0.2) is 14.4 Å². The van der Waals surface area contributed by atoms with Crippen LogP contribution in [0, 0.1) is 5.82 Å². The Bertz CT molecular complexity index is 717.